The lowest BCUT2D eigenvalue weighted by Crippen LogP contribution is -2.32. The zero-order valence-electron chi connectivity index (χ0n) is 11.9. The molecular formula is C16H23NO2. The van der Waals surface area contributed by atoms with Crippen molar-refractivity contribution in [1.29, 1.82) is 0 Å². The molecule has 1 atom stereocenters. The minimum Gasteiger partial charge on any atom is -0.377 e. The molecule has 0 radical (unpaired) electrons. The summed E-state index contributed by atoms with van der Waals surface area (Å²) in [4.78, 5) is 14.6. The van der Waals surface area contributed by atoms with Crippen molar-refractivity contribution in [1.82, 2.24) is 4.90 Å². The van der Waals surface area contributed by atoms with Crippen LogP contribution in [-0.2, 0) is 4.74 Å². The maximum absolute atomic E-state index is 12.2. The van der Waals surface area contributed by atoms with Crippen molar-refractivity contribution in [2.75, 3.05) is 26.2 Å². The lowest BCUT2D eigenvalue weighted by atomic mass is 10.0. The van der Waals surface area contributed by atoms with Crippen LogP contribution in [-0.4, -0.2) is 43.0 Å². The van der Waals surface area contributed by atoms with Crippen LogP contribution in [0.4, 0.5) is 0 Å². The van der Waals surface area contributed by atoms with E-state index in [-0.39, 0.29) is 11.9 Å². The van der Waals surface area contributed by atoms with Gasteiger partial charge in [-0.1, -0.05) is 24.3 Å². The molecule has 0 spiro atoms. The molecule has 3 nitrogen and oxygen atoms in total. The number of aryl methyl sites for hydroxylation is 1. The Morgan fingerprint density at radius 1 is 1.42 bits per heavy atom. The molecule has 1 fully saturated rings. The number of ether oxygens (including phenoxy) is 1. The molecule has 1 heterocycles. The Balaban J connectivity index is 1.88. The average Bonchev–Trinajstić information content (AvgIpc) is 2.61. The van der Waals surface area contributed by atoms with Gasteiger partial charge in [0.1, 0.15) is 0 Å². The van der Waals surface area contributed by atoms with Gasteiger partial charge in [-0.15, -0.1) is 0 Å². The summed E-state index contributed by atoms with van der Waals surface area (Å²) < 4.78 is 5.62. The third-order valence-corrected chi connectivity index (χ3v) is 3.64. The second-order valence-electron chi connectivity index (χ2n) is 5.32. The minimum absolute atomic E-state index is 0.246. The fourth-order valence-corrected chi connectivity index (χ4v) is 2.56. The van der Waals surface area contributed by atoms with Crippen molar-refractivity contribution in [2.24, 2.45) is 0 Å². The highest BCUT2D eigenvalue weighted by Gasteiger charge is 2.16. The van der Waals surface area contributed by atoms with Gasteiger partial charge in [-0.25, -0.2) is 0 Å². The molecule has 0 bridgehead atoms. The molecule has 1 aromatic carbocycles. The van der Waals surface area contributed by atoms with Crippen molar-refractivity contribution in [2.45, 2.75) is 32.8 Å². The average molecular weight is 261 g/mol. The van der Waals surface area contributed by atoms with E-state index in [1.165, 1.54) is 0 Å². The molecule has 2 rings (SSSR count). The molecular weight excluding hydrogens is 238 g/mol. The third kappa shape index (κ3) is 4.15. The SMILES string of the molecule is Cc1ccccc1C(=O)CCN1CCCOC(C)C1. The van der Waals surface area contributed by atoms with Crippen LogP contribution in [0.5, 0.6) is 0 Å². The summed E-state index contributed by atoms with van der Waals surface area (Å²) in [5, 5.41) is 0. The van der Waals surface area contributed by atoms with Gasteiger partial charge < -0.3 is 9.64 Å². The molecule has 0 amide bonds. The Morgan fingerprint density at radius 2 is 2.21 bits per heavy atom. The molecule has 104 valence electrons. The molecule has 0 aromatic heterocycles. The van der Waals surface area contributed by atoms with Crippen molar-refractivity contribution >= 4 is 5.78 Å². The summed E-state index contributed by atoms with van der Waals surface area (Å²) in [5.41, 5.74) is 1.93. The van der Waals surface area contributed by atoms with E-state index >= 15 is 0 Å². The molecule has 1 aliphatic rings. The number of rotatable bonds is 4. The van der Waals surface area contributed by atoms with E-state index in [4.69, 9.17) is 4.74 Å². The van der Waals surface area contributed by atoms with Gasteiger partial charge in [-0.05, 0) is 25.8 Å². The number of carbonyl (C=O) groups excluding carboxylic acids is 1. The summed E-state index contributed by atoms with van der Waals surface area (Å²) in [6.07, 6.45) is 1.93. The quantitative estimate of drug-likeness (QED) is 0.780. The highest BCUT2D eigenvalue weighted by atomic mass is 16.5. The van der Waals surface area contributed by atoms with Gasteiger partial charge in [0.05, 0.1) is 6.10 Å². The predicted octanol–water partition coefficient (Wildman–Crippen LogP) is 2.68. The van der Waals surface area contributed by atoms with Gasteiger partial charge in [0.15, 0.2) is 5.78 Å². The monoisotopic (exact) mass is 261 g/mol. The molecule has 0 saturated carbocycles. The first-order valence-corrected chi connectivity index (χ1v) is 7.09. The molecule has 1 aromatic rings. The zero-order valence-corrected chi connectivity index (χ0v) is 11.9. The highest BCUT2D eigenvalue weighted by molar-refractivity contribution is 5.97. The molecule has 0 aliphatic carbocycles. The topological polar surface area (TPSA) is 29.5 Å². The smallest absolute Gasteiger partial charge is 0.164 e. The van der Waals surface area contributed by atoms with Crippen LogP contribution < -0.4 is 0 Å². The maximum Gasteiger partial charge on any atom is 0.164 e. The van der Waals surface area contributed by atoms with Crippen LogP contribution >= 0.6 is 0 Å². The second kappa shape index (κ2) is 6.83. The molecule has 1 aliphatic heterocycles. The fourth-order valence-electron chi connectivity index (χ4n) is 2.56. The third-order valence-electron chi connectivity index (χ3n) is 3.64. The number of carbonyl (C=O) groups is 1. The Bertz CT molecular complexity index is 431. The van der Waals surface area contributed by atoms with Crippen LogP contribution in [0.3, 0.4) is 0 Å². The fraction of sp³-hybridized carbons (Fsp3) is 0.562. The van der Waals surface area contributed by atoms with Gasteiger partial charge in [0.2, 0.25) is 0 Å². The molecule has 0 N–H and O–H groups in total. The predicted molar refractivity (Wildman–Crippen MR) is 76.6 cm³/mol. The van der Waals surface area contributed by atoms with E-state index < -0.39 is 0 Å². The lowest BCUT2D eigenvalue weighted by Gasteiger charge is -2.21. The van der Waals surface area contributed by atoms with Crippen molar-refractivity contribution in [3.8, 4) is 0 Å². The Morgan fingerprint density at radius 3 is 3.00 bits per heavy atom. The van der Waals surface area contributed by atoms with E-state index in [2.05, 4.69) is 11.8 Å². The van der Waals surface area contributed by atoms with E-state index in [1.807, 2.05) is 31.2 Å². The zero-order chi connectivity index (χ0) is 13.7. The van der Waals surface area contributed by atoms with Crippen LogP contribution in [0.1, 0.15) is 35.7 Å². The van der Waals surface area contributed by atoms with Crippen LogP contribution in [0.25, 0.3) is 0 Å². The summed E-state index contributed by atoms with van der Waals surface area (Å²) in [6, 6.07) is 7.82. The number of hydrogen-bond donors (Lipinski definition) is 0. The molecule has 1 saturated heterocycles. The number of Topliss-reactive ketones (excluding diaryl/α,β-unsaturated/α-hetero) is 1. The van der Waals surface area contributed by atoms with E-state index in [0.29, 0.717) is 6.42 Å². The number of hydrogen-bond acceptors (Lipinski definition) is 3. The van der Waals surface area contributed by atoms with Crippen molar-refractivity contribution < 1.29 is 9.53 Å². The number of nitrogens with zero attached hydrogens (tertiary/aromatic N) is 1. The van der Waals surface area contributed by atoms with Gasteiger partial charge in [-0.2, -0.15) is 0 Å². The van der Waals surface area contributed by atoms with Crippen molar-refractivity contribution in [3.63, 3.8) is 0 Å². The second-order valence-corrected chi connectivity index (χ2v) is 5.32. The maximum atomic E-state index is 12.2. The van der Waals surface area contributed by atoms with E-state index in [0.717, 1.165) is 43.8 Å². The van der Waals surface area contributed by atoms with Crippen molar-refractivity contribution in [3.05, 3.63) is 35.4 Å². The van der Waals surface area contributed by atoms with Crippen LogP contribution in [0, 0.1) is 6.92 Å². The summed E-state index contributed by atoms with van der Waals surface area (Å²) in [5.74, 6) is 0.246. The number of ketones is 1. The Labute approximate surface area is 115 Å². The Kier molecular flexibility index (Phi) is 5.11. The first-order chi connectivity index (χ1) is 9.16. The summed E-state index contributed by atoms with van der Waals surface area (Å²) in [6.45, 7) is 7.73. The van der Waals surface area contributed by atoms with Gasteiger partial charge >= 0.3 is 0 Å². The molecule has 1 unspecified atom stereocenters. The normalized spacial score (nSPS) is 21.1. The van der Waals surface area contributed by atoms with Gasteiger partial charge in [0.25, 0.3) is 0 Å². The summed E-state index contributed by atoms with van der Waals surface area (Å²) in [7, 11) is 0. The highest BCUT2D eigenvalue weighted by Crippen LogP contribution is 2.11. The lowest BCUT2D eigenvalue weighted by molar-refractivity contribution is 0.0668. The minimum atomic E-state index is 0.246. The van der Waals surface area contributed by atoms with Crippen LogP contribution in [0.15, 0.2) is 24.3 Å². The van der Waals surface area contributed by atoms with Gasteiger partial charge in [0, 0.05) is 38.2 Å². The molecule has 3 heteroatoms. The number of benzene rings is 1. The Hall–Kier alpha value is -1.19. The molecule has 19 heavy (non-hydrogen) atoms. The van der Waals surface area contributed by atoms with Crippen LogP contribution in [0.2, 0.25) is 0 Å². The first kappa shape index (κ1) is 14.2. The van der Waals surface area contributed by atoms with E-state index in [1.54, 1.807) is 0 Å². The standard InChI is InChI=1S/C16H23NO2/c1-13-6-3-4-7-15(13)16(18)8-10-17-9-5-11-19-14(2)12-17/h3-4,6-7,14H,5,8-12H2,1-2H3. The van der Waals surface area contributed by atoms with Gasteiger partial charge in [-0.3, -0.25) is 4.79 Å². The van der Waals surface area contributed by atoms with E-state index in [9.17, 15) is 4.79 Å². The first-order valence-electron chi connectivity index (χ1n) is 7.09. The largest absolute Gasteiger partial charge is 0.377 e. The summed E-state index contributed by atoms with van der Waals surface area (Å²) >= 11 is 0.